The number of benzene rings is 1. The van der Waals surface area contributed by atoms with Crippen LogP contribution in [0.2, 0.25) is 0 Å². The Morgan fingerprint density at radius 2 is 0.968 bits per heavy atom. The number of nitrogens with zero attached hydrogens (tertiary/aromatic N) is 3. The summed E-state index contributed by atoms with van der Waals surface area (Å²) in [6.07, 6.45) is 20.6. The summed E-state index contributed by atoms with van der Waals surface area (Å²) in [4.78, 5) is 25.8. The van der Waals surface area contributed by atoms with Crippen molar-refractivity contribution in [3.63, 3.8) is 0 Å². The summed E-state index contributed by atoms with van der Waals surface area (Å²) in [5, 5.41) is 3.13. The van der Waals surface area contributed by atoms with Crippen LogP contribution < -0.4 is 5.32 Å². The zero-order chi connectivity index (χ0) is 21.0. The topological polar surface area (TPSA) is 66.2 Å². The van der Waals surface area contributed by atoms with Crippen molar-refractivity contribution in [1.29, 1.82) is 0 Å². The highest BCUT2D eigenvalue weighted by Gasteiger charge is 2.18. The Hall–Kier alpha value is -4.38. The van der Waals surface area contributed by atoms with E-state index in [-0.39, 0.29) is 5.78 Å². The van der Waals surface area contributed by atoms with Crippen LogP contribution in [0, 0.1) is 0 Å². The van der Waals surface area contributed by atoms with Crippen molar-refractivity contribution < 1.29 is 4.79 Å². The molecule has 1 aromatic rings. The largest absolute Gasteiger partial charge is 0.352 e. The molecule has 5 heterocycles. The molecule has 0 unspecified atom stereocenters. The number of carbonyl (C=O) groups excluding carboxylic acids is 1. The predicted molar refractivity (Wildman–Crippen MR) is 125 cm³/mol. The van der Waals surface area contributed by atoms with Gasteiger partial charge in [0.2, 0.25) is 5.78 Å². The van der Waals surface area contributed by atoms with E-state index in [0.29, 0.717) is 5.70 Å². The van der Waals surface area contributed by atoms with E-state index in [4.69, 9.17) is 0 Å². The van der Waals surface area contributed by atoms with Crippen molar-refractivity contribution in [3.05, 3.63) is 132 Å². The quantitative estimate of drug-likeness (QED) is 0.703. The highest BCUT2D eigenvalue weighted by atomic mass is 16.1. The molecule has 0 radical (unpaired) electrons. The molecular weight excluding hydrogens is 384 g/mol. The number of hydrogen-bond donors (Lipinski definition) is 1. The van der Waals surface area contributed by atoms with Gasteiger partial charge in [0.1, 0.15) is 0 Å². The van der Waals surface area contributed by atoms with Crippen LogP contribution in [0.5, 0.6) is 0 Å². The summed E-state index contributed by atoms with van der Waals surface area (Å²) in [5.41, 5.74) is 6.09. The Bertz CT molecular complexity index is 1260. The smallest absolute Gasteiger partial charge is 0.204 e. The minimum Gasteiger partial charge on any atom is -0.352 e. The number of ketones is 1. The molecule has 0 saturated carbocycles. The Balaban J connectivity index is 0.000000296. The number of nitrogens with one attached hydrogen (secondary N) is 1. The molecule has 5 aliphatic heterocycles. The van der Waals surface area contributed by atoms with Gasteiger partial charge in [-0.25, -0.2) is 15.0 Å². The number of hydrogen-bond acceptors (Lipinski definition) is 5. The molecule has 0 atom stereocenters. The molecule has 1 aromatic carbocycles. The van der Waals surface area contributed by atoms with Crippen LogP contribution in [-0.2, 0) is 4.79 Å². The van der Waals surface area contributed by atoms with Gasteiger partial charge in [-0.1, -0.05) is 36.4 Å². The second kappa shape index (κ2) is 8.16. The first-order valence-corrected chi connectivity index (χ1v) is 9.91. The Kier molecular flexibility index (Phi) is 4.91. The van der Waals surface area contributed by atoms with Crippen molar-refractivity contribution in [2.24, 2.45) is 15.0 Å². The van der Waals surface area contributed by atoms with E-state index in [1.54, 1.807) is 12.2 Å². The van der Waals surface area contributed by atoms with Crippen LogP contribution in [-0.4, -0.2) is 22.9 Å². The fourth-order valence-corrected chi connectivity index (χ4v) is 3.32. The molecule has 31 heavy (non-hydrogen) atoms. The molecule has 0 aliphatic carbocycles. The van der Waals surface area contributed by atoms with Gasteiger partial charge in [0.05, 0.1) is 39.9 Å². The summed E-state index contributed by atoms with van der Waals surface area (Å²) >= 11 is 0. The van der Waals surface area contributed by atoms with Crippen LogP contribution >= 0.6 is 0 Å². The fraction of sp³-hybridized carbons (Fsp3) is 0. The SMILES string of the molecule is O=C1C=C2C=C3C=CC(=N3)C=C3C=CC(=N3)C=C3C=CC(=N3)C=C1N2.c1ccccc1. The lowest BCUT2D eigenvalue weighted by Crippen LogP contribution is -2.10. The molecule has 1 N–H and O–H groups in total. The van der Waals surface area contributed by atoms with Gasteiger partial charge >= 0.3 is 0 Å². The lowest BCUT2D eigenvalue weighted by molar-refractivity contribution is -0.111. The van der Waals surface area contributed by atoms with Gasteiger partial charge in [-0.2, -0.15) is 0 Å². The Labute approximate surface area is 180 Å². The highest BCUT2D eigenvalue weighted by molar-refractivity contribution is 6.16. The molecule has 148 valence electrons. The molecule has 5 aliphatic rings. The van der Waals surface area contributed by atoms with Crippen molar-refractivity contribution in [2.75, 3.05) is 0 Å². The van der Waals surface area contributed by atoms with E-state index in [1.807, 2.05) is 91.1 Å². The normalized spacial score (nSPS) is 19.8. The number of fused-ring (bicyclic) bond motifs is 5. The Morgan fingerprint density at radius 3 is 1.48 bits per heavy atom. The van der Waals surface area contributed by atoms with Gasteiger partial charge in [0, 0.05) is 11.8 Å². The van der Waals surface area contributed by atoms with Crippen molar-refractivity contribution in [3.8, 4) is 0 Å². The van der Waals surface area contributed by atoms with Crippen molar-refractivity contribution in [1.82, 2.24) is 5.32 Å². The molecule has 0 spiro atoms. The number of rotatable bonds is 0. The summed E-state index contributed by atoms with van der Waals surface area (Å²) in [5.74, 6) is -0.0654. The third-order valence-corrected chi connectivity index (χ3v) is 4.73. The van der Waals surface area contributed by atoms with Crippen LogP contribution in [0.3, 0.4) is 0 Å². The second-order valence-electron chi connectivity index (χ2n) is 7.12. The lowest BCUT2D eigenvalue weighted by atomic mass is 10.2. The third-order valence-electron chi connectivity index (χ3n) is 4.73. The van der Waals surface area contributed by atoms with Crippen LogP contribution in [0.1, 0.15) is 0 Å². The van der Waals surface area contributed by atoms with E-state index in [1.165, 1.54) is 0 Å². The van der Waals surface area contributed by atoms with Gasteiger partial charge in [-0.15, -0.1) is 0 Å². The van der Waals surface area contributed by atoms with Gasteiger partial charge in [-0.05, 0) is 60.8 Å². The van der Waals surface area contributed by atoms with E-state index in [2.05, 4.69) is 20.3 Å². The predicted octanol–water partition coefficient (Wildman–Crippen LogP) is 4.31. The van der Waals surface area contributed by atoms with Crippen LogP contribution in [0.25, 0.3) is 0 Å². The summed E-state index contributed by atoms with van der Waals surface area (Å²) in [6.45, 7) is 0. The van der Waals surface area contributed by atoms with Crippen molar-refractivity contribution >= 4 is 22.9 Å². The summed E-state index contributed by atoms with van der Waals surface area (Å²) in [6, 6.07) is 12.0. The summed E-state index contributed by atoms with van der Waals surface area (Å²) < 4.78 is 0. The molecular formula is C26H18N4O. The highest BCUT2D eigenvalue weighted by Crippen LogP contribution is 2.20. The molecule has 0 fully saturated rings. The summed E-state index contributed by atoms with van der Waals surface area (Å²) in [7, 11) is 0. The van der Waals surface area contributed by atoms with Gasteiger partial charge in [-0.3, -0.25) is 4.79 Å². The molecule has 6 rings (SSSR count). The zero-order valence-corrected chi connectivity index (χ0v) is 16.6. The minimum atomic E-state index is -0.0654. The molecule has 5 nitrogen and oxygen atoms in total. The van der Waals surface area contributed by atoms with E-state index < -0.39 is 0 Å². The van der Waals surface area contributed by atoms with E-state index in [0.717, 1.165) is 39.9 Å². The maximum absolute atomic E-state index is 12.2. The average Bonchev–Trinajstić information content (AvgIpc) is 3.56. The third kappa shape index (κ3) is 4.46. The van der Waals surface area contributed by atoms with Crippen LogP contribution in [0.4, 0.5) is 0 Å². The van der Waals surface area contributed by atoms with Gasteiger partial charge in [0.25, 0.3) is 0 Å². The van der Waals surface area contributed by atoms with Crippen molar-refractivity contribution in [2.45, 2.75) is 0 Å². The second-order valence-corrected chi connectivity index (χ2v) is 7.12. The molecule has 5 heteroatoms. The first kappa shape index (κ1) is 18.6. The lowest BCUT2D eigenvalue weighted by Gasteiger charge is -2.00. The monoisotopic (exact) mass is 402 g/mol. The fourth-order valence-electron chi connectivity index (χ4n) is 3.32. The number of carbonyl (C=O) groups is 1. The first-order chi connectivity index (χ1) is 15.2. The molecule has 0 amide bonds. The maximum atomic E-state index is 12.2. The van der Waals surface area contributed by atoms with Gasteiger partial charge in [0.15, 0.2) is 0 Å². The number of aliphatic imine (C=N–C) groups is 3. The van der Waals surface area contributed by atoms with E-state index in [9.17, 15) is 4.79 Å². The number of allylic oxidation sites excluding steroid dienone is 11. The average molecular weight is 402 g/mol. The minimum absolute atomic E-state index is 0.0654. The van der Waals surface area contributed by atoms with Crippen LogP contribution in [0.15, 0.2) is 147 Å². The maximum Gasteiger partial charge on any atom is 0.204 e. The van der Waals surface area contributed by atoms with Gasteiger partial charge < -0.3 is 5.32 Å². The molecule has 8 bridgehead atoms. The standard InChI is InChI=1S/C20H12N4O.C6H6/c25-20-11-18-9-16-4-3-14(22-16)7-12-1-2-13(21-12)8-15-5-6-17(23-15)10-19(20)24-18;1-2-4-6-5-3-1/h1-11,24H;1-6H. The molecule has 0 saturated heterocycles. The zero-order valence-electron chi connectivity index (χ0n) is 16.6. The molecule has 0 aromatic heterocycles. The first-order valence-electron chi connectivity index (χ1n) is 9.91. The van der Waals surface area contributed by atoms with E-state index >= 15 is 0 Å². The Morgan fingerprint density at radius 1 is 0.516 bits per heavy atom.